The highest BCUT2D eigenvalue weighted by atomic mass is 35.5. The maximum Gasteiger partial charge on any atom is 0.262 e. The smallest absolute Gasteiger partial charge is 0.262 e. The second kappa shape index (κ2) is 10.6. The lowest BCUT2D eigenvalue weighted by Crippen LogP contribution is -2.33. The van der Waals surface area contributed by atoms with Gasteiger partial charge in [0, 0.05) is 56.3 Å². The van der Waals surface area contributed by atoms with Crippen molar-refractivity contribution >= 4 is 23.4 Å². The molecule has 2 aliphatic rings. The number of benzene rings is 2. The lowest BCUT2D eigenvalue weighted by molar-refractivity contribution is 0.0816. The van der Waals surface area contributed by atoms with E-state index >= 15 is 0 Å². The summed E-state index contributed by atoms with van der Waals surface area (Å²) in [6.45, 7) is 2.84. The van der Waals surface area contributed by atoms with Gasteiger partial charge in [0.2, 0.25) is 0 Å². The van der Waals surface area contributed by atoms with Gasteiger partial charge in [-0.25, -0.2) is 4.39 Å². The number of rotatable bonds is 7. The van der Waals surface area contributed by atoms with Crippen molar-refractivity contribution in [2.24, 2.45) is 5.92 Å². The van der Waals surface area contributed by atoms with Crippen LogP contribution in [0.1, 0.15) is 38.7 Å². The Bertz CT molecular complexity index is 1260. The van der Waals surface area contributed by atoms with Crippen LogP contribution in [-0.2, 0) is 0 Å². The van der Waals surface area contributed by atoms with Crippen LogP contribution in [0.25, 0.3) is 0 Å². The van der Waals surface area contributed by atoms with Crippen LogP contribution in [0.3, 0.4) is 0 Å². The van der Waals surface area contributed by atoms with E-state index in [2.05, 4.69) is 15.2 Å². The van der Waals surface area contributed by atoms with E-state index in [1.54, 1.807) is 29.4 Å². The molecule has 184 valence electrons. The first-order valence-corrected chi connectivity index (χ1v) is 12.3. The van der Waals surface area contributed by atoms with Gasteiger partial charge in [-0.15, -0.1) is 0 Å². The number of carbonyl (C=O) groups is 2. The molecule has 2 amide bonds. The lowest BCUT2D eigenvalue weighted by Gasteiger charge is -2.24. The number of hydrogen-bond acceptors (Lipinski definition) is 4. The molecule has 0 spiro atoms. The molecule has 3 heterocycles. The topological polar surface area (TPSA) is 65.5 Å². The first-order chi connectivity index (χ1) is 17.5. The summed E-state index contributed by atoms with van der Waals surface area (Å²) >= 11 is 6.09. The lowest BCUT2D eigenvalue weighted by atomic mass is 10.0. The van der Waals surface area contributed by atoms with Crippen LogP contribution < -0.4 is 5.32 Å². The molecule has 36 heavy (non-hydrogen) atoms. The minimum Gasteiger partial charge on any atom is -0.345 e. The van der Waals surface area contributed by atoms with Gasteiger partial charge in [0.15, 0.2) is 0 Å². The summed E-state index contributed by atoms with van der Waals surface area (Å²) in [7, 11) is 0. The average Bonchev–Trinajstić information content (AvgIpc) is 3.46. The van der Waals surface area contributed by atoms with Crippen LogP contribution in [0.4, 0.5) is 4.39 Å². The molecule has 0 saturated carbocycles. The Morgan fingerprint density at radius 1 is 1.06 bits per heavy atom. The van der Waals surface area contributed by atoms with E-state index in [1.807, 2.05) is 36.5 Å². The van der Waals surface area contributed by atoms with Crippen molar-refractivity contribution in [3.63, 3.8) is 0 Å². The Kier molecular flexibility index (Phi) is 7.11. The van der Waals surface area contributed by atoms with Crippen molar-refractivity contribution in [1.82, 2.24) is 20.1 Å². The van der Waals surface area contributed by atoms with Gasteiger partial charge in [-0.1, -0.05) is 48.0 Å². The fourth-order valence-electron chi connectivity index (χ4n) is 4.91. The Balaban J connectivity index is 1.22. The maximum atomic E-state index is 14.2. The first kappa shape index (κ1) is 24.2. The molecule has 0 radical (unpaired) electrons. The van der Waals surface area contributed by atoms with Gasteiger partial charge >= 0.3 is 0 Å². The second-order valence-electron chi connectivity index (χ2n) is 9.15. The molecule has 8 heteroatoms. The SMILES string of the molecule is O=C(N[C@@H](CCN1CC2=CN(C(=O)c3c(F)cccc3Cl)CC2C1)c1ccccc1)c1ccncc1. The number of nitrogens with zero attached hydrogens (tertiary/aromatic N) is 3. The summed E-state index contributed by atoms with van der Waals surface area (Å²) in [5, 5.41) is 3.29. The van der Waals surface area contributed by atoms with Crippen molar-refractivity contribution < 1.29 is 14.0 Å². The van der Waals surface area contributed by atoms with Gasteiger partial charge in [-0.2, -0.15) is 0 Å². The number of hydrogen-bond donors (Lipinski definition) is 1. The van der Waals surface area contributed by atoms with Crippen LogP contribution in [0, 0.1) is 11.7 Å². The summed E-state index contributed by atoms with van der Waals surface area (Å²) in [6.07, 6.45) is 5.80. The molecule has 1 N–H and O–H groups in total. The zero-order chi connectivity index (χ0) is 25.1. The Morgan fingerprint density at radius 3 is 2.56 bits per heavy atom. The number of amides is 2. The van der Waals surface area contributed by atoms with Crippen LogP contribution in [0.5, 0.6) is 0 Å². The fraction of sp³-hybridized carbons (Fsp3) is 0.250. The van der Waals surface area contributed by atoms with Gasteiger partial charge in [-0.3, -0.25) is 19.5 Å². The highest BCUT2D eigenvalue weighted by Crippen LogP contribution is 2.32. The third-order valence-corrected chi connectivity index (χ3v) is 7.08. The molecule has 2 atom stereocenters. The number of likely N-dealkylation sites (tertiary alicyclic amines) is 1. The Hall–Kier alpha value is -3.55. The number of nitrogens with one attached hydrogen (secondary N) is 1. The van der Waals surface area contributed by atoms with Crippen LogP contribution >= 0.6 is 11.6 Å². The first-order valence-electron chi connectivity index (χ1n) is 11.9. The van der Waals surface area contributed by atoms with Crippen LogP contribution in [-0.4, -0.2) is 52.8 Å². The molecular formula is C28H26ClFN4O2. The summed E-state index contributed by atoms with van der Waals surface area (Å²) in [5.41, 5.74) is 2.71. The standard InChI is InChI=1S/C28H26ClFN4O2/c29-23-7-4-8-24(30)26(23)28(36)34-17-21-15-33(16-22(21)18-34)14-11-25(19-5-2-1-3-6-19)32-27(35)20-9-12-31-13-10-20/h1-10,12-13,17,22,25H,11,14-16,18H2,(H,32,35)/t22?,25-/m0/s1. The number of carbonyl (C=O) groups excluding carboxylic acids is 2. The third kappa shape index (κ3) is 5.17. The average molecular weight is 505 g/mol. The third-order valence-electron chi connectivity index (χ3n) is 6.77. The highest BCUT2D eigenvalue weighted by Gasteiger charge is 2.36. The molecule has 0 aliphatic carbocycles. The predicted molar refractivity (Wildman–Crippen MR) is 136 cm³/mol. The maximum absolute atomic E-state index is 14.2. The van der Waals surface area contributed by atoms with Gasteiger partial charge < -0.3 is 10.2 Å². The molecule has 1 saturated heterocycles. The largest absolute Gasteiger partial charge is 0.345 e. The zero-order valence-corrected chi connectivity index (χ0v) is 20.4. The molecule has 1 fully saturated rings. The van der Waals surface area contributed by atoms with E-state index in [0.717, 1.165) is 37.2 Å². The number of fused-ring (bicyclic) bond motifs is 1. The van der Waals surface area contributed by atoms with E-state index in [0.29, 0.717) is 12.1 Å². The van der Waals surface area contributed by atoms with Crippen LogP contribution in [0.2, 0.25) is 5.02 Å². The monoisotopic (exact) mass is 504 g/mol. The Morgan fingerprint density at radius 2 is 1.83 bits per heavy atom. The van der Waals surface area contributed by atoms with Gasteiger partial charge in [0.05, 0.1) is 16.6 Å². The summed E-state index contributed by atoms with van der Waals surface area (Å²) in [6, 6.07) is 17.5. The van der Waals surface area contributed by atoms with Gasteiger partial charge in [0.1, 0.15) is 5.82 Å². The van der Waals surface area contributed by atoms with Crippen molar-refractivity contribution in [1.29, 1.82) is 0 Å². The van der Waals surface area contributed by atoms with Gasteiger partial charge in [0.25, 0.3) is 11.8 Å². The zero-order valence-electron chi connectivity index (χ0n) is 19.6. The van der Waals surface area contributed by atoms with Gasteiger partial charge in [-0.05, 0) is 41.8 Å². The molecule has 6 nitrogen and oxygen atoms in total. The normalized spacial score (nSPS) is 18.0. The molecule has 5 rings (SSSR count). The molecule has 1 aromatic heterocycles. The summed E-state index contributed by atoms with van der Waals surface area (Å²) in [5.74, 6) is -0.936. The quantitative estimate of drug-likeness (QED) is 0.506. The predicted octanol–water partition coefficient (Wildman–Crippen LogP) is 4.71. The summed E-state index contributed by atoms with van der Waals surface area (Å²) < 4.78 is 14.2. The van der Waals surface area contributed by atoms with E-state index in [1.165, 1.54) is 18.2 Å². The number of aromatic nitrogens is 1. The van der Waals surface area contributed by atoms with E-state index in [-0.39, 0.29) is 28.5 Å². The van der Waals surface area contributed by atoms with E-state index in [9.17, 15) is 14.0 Å². The minimum atomic E-state index is -0.606. The van der Waals surface area contributed by atoms with Crippen molar-refractivity contribution in [3.05, 3.63) is 112 Å². The second-order valence-corrected chi connectivity index (χ2v) is 9.56. The summed E-state index contributed by atoms with van der Waals surface area (Å²) in [4.78, 5) is 33.6. The molecular weight excluding hydrogens is 479 g/mol. The van der Waals surface area contributed by atoms with Crippen LogP contribution in [0.15, 0.2) is 84.8 Å². The van der Waals surface area contributed by atoms with Crippen molar-refractivity contribution in [2.75, 3.05) is 26.2 Å². The number of halogens is 2. The van der Waals surface area contributed by atoms with E-state index in [4.69, 9.17) is 11.6 Å². The molecule has 2 aromatic carbocycles. The van der Waals surface area contributed by atoms with Crippen molar-refractivity contribution in [2.45, 2.75) is 12.5 Å². The fourth-order valence-corrected chi connectivity index (χ4v) is 5.16. The minimum absolute atomic E-state index is 0.0801. The molecule has 1 unspecified atom stereocenters. The molecule has 3 aromatic rings. The molecule has 0 bridgehead atoms. The molecule has 2 aliphatic heterocycles. The van der Waals surface area contributed by atoms with Crippen molar-refractivity contribution in [3.8, 4) is 0 Å². The van der Waals surface area contributed by atoms with E-state index < -0.39 is 11.7 Å². The number of pyridine rings is 1. The Labute approximate surface area is 214 Å². The highest BCUT2D eigenvalue weighted by molar-refractivity contribution is 6.33.